The molecule has 0 aliphatic carbocycles. The SMILES string of the molecule is N=C(N)c1nn(Cc2cccc(F)c2)c2ncc(F)cc12. The summed E-state index contributed by atoms with van der Waals surface area (Å²) in [6.07, 6.45) is 1.07. The van der Waals surface area contributed by atoms with Crippen LogP contribution in [0.5, 0.6) is 0 Å². The topological polar surface area (TPSA) is 80.6 Å². The van der Waals surface area contributed by atoms with E-state index >= 15 is 0 Å². The van der Waals surface area contributed by atoms with Gasteiger partial charge in [0.1, 0.15) is 23.2 Å². The first kappa shape index (κ1) is 13.2. The van der Waals surface area contributed by atoms with Gasteiger partial charge in [0.05, 0.1) is 18.1 Å². The van der Waals surface area contributed by atoms with E-state index in [9.17, 15) is 8.78 Å². The first-order chi connectivity index (χ1) is 10.0. The lowest BCUT2D eigenvalue weighted by atomic mass is 10.2. The minimum Gasteiger partial charge on any atom is -0.382 e. The number of hydrogen-bond donors (Lipinski definition) is 2. The van der Waals surface area contributed by atoms with Crippen molar-refractivity contribution in [1.29, 1.82) is 5.41 Å². The van der Waals surface area contributed by atoms with E-state index in [1.54, 1.807) is 12.1 Å². The molecule has 0 aliphatic heterocycles. The van der Waals surface area contributed by atoms with Crippen LogP contribution in [0.15, 0.2) is 36.5 Å². The largest absolute Gasteiger partial charge is 0.382 e. The third kappa shape index (κ3) is 2.45. The lowest BCUT2D eigenvalue weighted by Gasteiger charge is -2.03. The molecule has 0 spiro atoms. The van der Waals surface area contributed by atoms with Gasteiger partial charge in [0.25, 0.3) is 0 Å². The van der Waals surface area contributed by atoms with E-state index in [-0.39, 0.29) is 23.9 Å². The van der Waals surface area contributed by atoms with Crippen LogP contribution in [0.4, 0.5) is 8.78 Å². The molecular weight excluding hydrogens is 276 g/mol. The molecule has 21 heavy (non-hydrogen) atoms. The molecule has 2 aromatic heterocycles. The van der Waals surface area contributed by atoms with Crippen molar-refractivity contribution in [2.24, 2.45) is 5.73 Å². The van der Waals surface area contributed by atoms with E-state index in [2.05, 4.69) is 10.1 Å². The number of aromatic nitrogens is 3. The van der Waals surface area contributed by atoms with Crippen molar-refractivity contribution >= 4 is 16.9 Å². The summed E-state index contributed by atoms with van der Waals surface area (Å²) in [6.45, 7) is 0.250. The molecule has 0 bridgehead atoms. The van der Waals surface area contributed by atoms with E-state index < -0.39 is 5.82 Å². The number of rotatable bonds is 3. The number of halogens is 2. The minimum atomic E-state index is -0.532. The van der Waals surface area contributed by atoms with Gasteiger partial charge in [-0.15, -0.1) is 0 Å². The van der Waals surface area contributed by atoms with Crippen molar-refractivity contribution in [3.05, 3.63) is 59.4 Å². The maximum absolute atomic E-state index is 13.3. The molecule has 0 unspecified atom stereocenters. The smallest absolute Gasteiger partial charge is 0.159 e. The van der Waals surface area contributed by atoms with Crippen LogP contribution in [0.3, 0.4) is 0 Å². The molecule has 2 heterocycles. The second kappa shape index (κ2) is 4.93. The fourth-order valence-corrected chi connectivity index (χ4v) is 2.15. The summed E-state index contributed by atoms with van der Waals surface area (Å²) in [7, 11) is 0. The third-order valence-electron chi connectivity index (χ3n) is 3.03. The number of amidine groups is 1. The van der Waals surface area contributed by atoms with Crippen LogP contribution in [0, 0.1) is 17.0 Å². The molecule has 0 saturated carbocycles. The standard InChI is InChI=1S/C14H11F2N5/c15-9-3-1-2-8(4-9)7-21-14-11(5-10(16)6-19-14)12(20-21)13(17)18/h1-6H,7H2,(H3,17,18). The van der Waals surface area contributed by atoms with Crippen LogP contribution in [0.2, 0.25) is 0 Å². The van der Waals surface area contributed by atoms with Crippen molar-refractivity contribution in [3.8, 4) is 0 Å². The Labute approximate surface area is 118 Å². The molecule has 0 fully saturated rings. The van der Waals surface area contributed by atoms with Crippen molar-refractivity contribution in [2.75, 3.05) is 0 Å². The predicted molar refractivity (Wildman–Crippen MR) is 74.0 cm³/mol. The molecule has 0 saturated heterocycles. The first-order valence-corrected chi connectivity index (χ1v) is 6.15. The zero-order valence-corrected chi connectivity index (χ0v) is 10.8. The highest BCUT2D eigenvalue weighted by Gasteiger charge is 2.15. The van der Waals surface area contributed by atoms with E-state index in [4.69, 9.17) is 11.1 Å². The lowest BCUT2D eigenvalue weighted by molar-refractivity contribution is 0.619. The molecule has 0 atom stereocenters. The molecule has 0 radical (unpaired) electrons. The van der Waals surface area contributed by atoms with Crippen LogP contribution in [0.25, 0.3) is 11.0 Å². The summed E-state index contributed by atoms with van der Waals surface area (Å²) < 4.78 is 28.0. The quantitative estimate of drug-likeness (QED) is 0.571. The van der Waals surface area contributed by atoms with Crippen molar-refractivity contribution in [2.45, 2.75) is 6.54 Å². The molecule has 3 rings (SSSR count). The number of nitrogens with two attached hydrogens (primary N) is 1. The molecule has 0 aliphatic rings. The van der Waals surface area contributed by atoms with Crippen LogP contribution in [0.1, 0.15) is 11.3 Å². The van der Waals surface area contributed by atoms with E-state index in [1.807, 2.05) is 0 Å². The molecular formula is C14H11F2N5. The van der Waals surface area contributed by atoms with Crippen molar-refractivity contribution in [3.63, 3.8) is 0 Å². The summed E-state index contributed by atoms with van der Waals surface area (Å²) >= 11 is 0. The minimum absolute atomic E-state index is 0.161. The van der Waals surface area contributed by atoms with Crippen LogP contribution < -0.4 is 5.73 Å². The van der Waals surface area contributed by atoms with Crippen LogP contribution in [-0.4, -0.2) is 20.6 Å². The molecule has 7 heteroatoms. The number of nitrogen functional groups attached to an aromatic ring is 1. The predicted octanol–water partition coefficient (Wildman–Crippen LogP) is 2.04. The number of fused-ring (bicyclic) bond motifs is 1. The summed E-state index contributed by atoms with van der Waals surface area (Å²) in [4.78, 5) is 3.98. The Kier molecular flexibility index (Phi) is 3.09. The van der Waals surface area contributed by atoms with Crippen LogP contribution in [-0.2, 0) is 6.54 Å². The molecule has 1 aromatic carbocycles. The number of nitrogens with zero attached hydrogens (tertiary/aromatic N) is 3. The normalized spacial score (nSPS) is 11.0. The lowest BCUT2D eigenvalue weighted by Crippen LogP contribution is -2.13. The molecule has 0 amide bonds. The Balaban J connectivity index is 2.12. The van der Waals surface area contributed by atoms with Crippen molar-refractivity contribution < 1.29 is 8.78 Å². The van der Waals surface area contributed by atoms with Gasteiger partial charge in [0.15, 0.2) is 5.65 Å². The highest BCUT2D eigenvalue weighted by molar-refractivity contribution is 6.04. The number of benzene rings is 1. The van der Waals surface area contributed by atoms with Gasteiger partial charge in [-0.1, -0.05) is 12.1 Å². The van der Waals surface area contributed by atoms with Gasteiger partial charge < -0.3 is 5.73 Å². The van der Waals surface area contributed by atoms with Gasteiger partial charge in [0.2, 0.25) is 0 Å². The van der Waals surface area contributed by atoms with Gasteiger partial charge in [0, 0.05) is 0 Å². The monoisotopic (exact) mass is 287 g/mol. The maximum Gasteiger partial charge on any atom is 0.159 e. The van der Waals surface area contributed by atoms with Gasteiger partial charge in [-0.25, -0.2) is 18.4 Å². The summed E-state index contributed by atoms with van der Waals surface area (Å²) in [5, 5.41) is 12.0. The second-order valence-corrected chi connectivity index (χ2v) is 4.57. The second-order valence-electron chi connectivity index (χ2n) is 4.57. The van der Waals surface area contributed by atoms with E-state index in [0.29, 0.717) is 16.6 Å². The average molecular weight is 287 g/mol. The van der Waals surface area contributed by atoms with E-state index in [0.717, 1.165) is 6.20 Å². The zero-order chi connectivity index (χ0) is 15.0. The Morgan fingerprint density at radius 1 is 1.24 bits per heavy atom. The number of hydrogen-bond acceptors (Lipinski definition) is 3. The Bertz CT molecular complexity index is 840. The van der Waals surface area contributed by atoms with Gasteiger partial charge in [-0.05, 0) is 23.8 Å². The Morgan fingerprint density at radius 3 is 2.76 bits per heavy atom. The summed E-state index contributed by atoms with van der Waals surface area (Å²) in [5.74, 6) is -1.16. The summed E-state index contributed by atoms with van der Waals surface area (Å²) in [5.41, 5.74) is 6.69. The first-order valence-electron chi connectivity index (χ1n) is 6.15. The third-order valence-corrected chi connectivity index (χ3v) is 3.03. The molecule has 106 valence electrons. The fraction of sp³-hybridized carbons (Fsp3) is 0.0714. The number of nitrogens with one attached hydrogen (secondary N) is 1. The van der Waals surface area contributed by atoms with Crippen LogP contribution >= 0.6 is 0 Å². The number of pyridine rings is 1. The fourth-order valence-electron chi connectivity index (χ4n) is 2.15. The molecule has 3 aromatic rings. The van der Waals surface area contributed by atoms with Gasteiger partial charge in [-0.3, -0.25) is 5.41 Å². The van der Waals surface area contributed by atoms with Gasteiger partial charge in [-0.2, -0.15) is 5.10 Å². The molecule has 5 nitrogen and oxygen atoms in total. The Hall–Kier alpha value is -2.83. The highest BCUT2D eigenvalue weighted by Crippen LogP contribution is 2.18. The van der Waals surface area contributed by atoms with Gasteiger partial charge >= 0.3 is 0 Å². The van der Waals surface area contributed by atoms with E-state index in [1.165, 1.54) is 22.9 Å². The highest BCUT2D eigenvalue weighted by atomic mass is 19.1. The maximum atomic E-state index is 13.3. The Morgan fingerprint density at radius 2 is 2.05 bits per heavy atom. The van der Waals surface area contributed by atoms with Crippen molar-refractivity contribution in [1.82, 2.24) is 14.8 Å². The zero-order valence-electron chi connectivity index (χ0n) is 10.8. The summed E-state index contributed by atoms with van der Waals surface area (Å²) in [6, 6.07) is 7.29. The average Bonchev–Trinajstić information content (AvgIpc) is 2.77. The molecule has 3 N–H and O–H groups in total.